The van der Waals surface area contributed by atoms with Crippen molar-refractivity contribution in [3.05, 3.63) is 65.8 Å². The van der Waals surface area contributed by atoms with Gasteiger partial charge in [0.15, 0.2) is 0 Å². The van der Waals surface area contributed by atoms with Gasteiger partial charge in [-0.3, -0.25) is 4.79 Å². The van der Waals surface area contributed by atoms with Crippen LogP contribution in [0.2, 0.25) is 0 Å². The van der Waals surface area contributed by atoms with Crippen molar-refractivity contribution in [2.24, 2.45) is 0 Å². The first-order valence-corrected chi connectivity index (χ1v) is 7.45. The minimum absolute atomic E-state index is 0.127. The van der Waals surface area contributed by atoms with E-state index in [1.165, 1.54) is 11.6 Å². The molecule has 2 heteroatoms. The predicted molar refractivity (Wildman–Crippen MR) is 96.6 cm³/mol. The van der Waals surface area contributed by atoms with Gasteiger partial charge in [-0.2, -0.15) is 0 Å². The summed E-state index contributed by atoms with van der Waals surface area (Å²) in [5.74, 6) is 2.34. The van der Waals surface area contributed by atoms with E-state index in [1.807, 2.05) is 70.2 Å². The van der Waals surface area contributed by atoms with Crippen LogP contribution in [0.1, 0.15) is 32.8 Å². The van der Waals surface area contributed by atoms with Gasteiger partial charge in [-0.25, -0.2) is 0 Å². The molecular weight excluding hydrogens is 270 g/mol. The van der Waals surface area contributed by atoms with Gasteiger partial charge in [-0.15, -0.1) is 6.42 Å². The second-order valence-corrected chi connectivity index (χ2v) is 4.45. The van der Waals surface area contributed by atoms with E-state index < -0.39 is 0 Å². The molecule has 22 heavy (non-hydrogen) atoms. The number of aryl methyl sites for hydroxylation is 1. The van der Waals surface area contributed by atoms with Gasteiger partial charge >= 0.3 is 0 Å². The summed E-state index contributed by atoms with van der Waals surface area (Å²) < 4.78 is 0. The van der Waals surface area contributed by atoms with E-state index in [4.69, 9.17) is 6.42 Å². The number of anilines is 1. The molecule has 116 valence electrons. The molecule has 0 fully saturated rings. The van der Waals surface area contributed by atoms with Gasteiger partial charge < -0.3 is 5.32 Å². The third kappa shape index (κ3) is 9.39. The Morgan fingerprint density at radius 2 is 1.77 bits per heavy atom. The fourth-order valence-corrected chi connectivity index (χ4v) is 1.51. The van der Waals surface area contributed by atoms with Crippen molar-refractivity contribution in [1.29, 1.82) is 0 Å². The summed E-state index contributed by atoms with van der Waals surface area (Å²) in [4.78, 5) is 11.6. The third-order valence-electron chi connectivity index (χ3n) is 2.55. The molecule has 0 radical (unpaired) electrons. The van der Waals surface area contributed by atoms with E-state index in [2.05, 4.69) is 11.2 Å². The molecule has 0 saturated heterocycles. The standard InChI is InChI=1S/C18H19NO.C2H6/c1-4-8-15(2)9-6-5-7-10-18(20)19-17-13-11-16(3)12-14-17;1-2/h1,6-14H,5H2,2-3H3,(H,19,20);1-2H3/b9-6-,10-7+,15-8-;. The summed E-state index contributed by atoms with van der Waals surface area (Å²) >= 11 is 0. The number of carbonyl (C=O) groups excluding carboxylic acids is 1. The Bertz CT molecular complexity index is 569. The smallest absolute Gasteiger partial charge is 0.248 e. The van der Waals surface area contributed by atoms with Gasteiger partial charge in [0, 0.05) is 5.69 Å². The van der Waals surface area contributed by atoms with Gasteiger partial charge in [0.1, 0.15) is 0 Å². The average Bonchev–Trinajstić information content (AvgIpc) is 2.51. The average molecular weight is 295 g/mol. The lowest BCUT2D eigenvalue weighted by Gasteiger charge is -2.01. The van der Waals surface area contributed by atoms with Crippen molar-refractivity contribution in [3.63, 3.8) is 0 Å². The number of carbonyl (C=O) groups is 1. The SMILES string of the molecule is C#C/C=C(C)\C=C/C/C=C/C(=O)Nc1ccc(C)cc1.CC. The van der Waals surface area contributed by atoms with Crippen molar-refractivity contribution in [3.8, 4) is 12.3 Å². The van der Waals surface area contributed by atoms with Gasteiger partial charge in [-0.1, -0.05) is 55.7 Å². The summed E-state index contributed by atoms with van der Waals surface area (Å²) in [5.41, 5.74) is 2.98. The molecule has 0 bridgehead atoms. The number of terminal acetylenes is 1. The first-order valence-electron chi connectivity index (χ1n) is 7.45. The normalized spacial score (nSPS) is 11.0. The molecule has 1 rings (SSSR count). The van der Waals surface area contributed by atoms with E-state index in [1.54, 1.807) is 6.08 Å². The molecular formula is C20H25NO. The Kier molecular flexibility index (Phi) is 10.8. The second kappa shape index (κ2) is 12.2. The topological polar surface area (TPSA) is 29.1 Å². The van der Waals surface area contributed by atoms with E-state index in [-0.39, 0.29) is 5.91 Å². The Labute approximate surface area is 134 Å². The number of hydrogen-bond acceptors (Lipinski definition) is 1. The highest BCUT2D eigenvalue weighted by molar-refractivity contribution is 5.99. The highest BCUT2D eigenvalue weighted by Gasteiger charge is 1.96. The fourth-order valence-electron chi connectivity index (χ4n) is 1.51. The molecule has 0 aliphatic carbocycles. The minimum Gasteiger partial charge on any atom is -0.323 e. The van der Waals surface area contributed by atoms with Crippen LogP contribution in [0.25, 0.3) is 0 Å². The van der Waals surface area contributed by atoms with Gasteiger partial charge in [0.25, 0.3) is 0 Å². The zero-order valence-electron chi connectivity index (χ0n) is 13.9. The Balaban J connectivity index is 0.00000211. The Morgan fingerprint density at radius 1 is 1.18 bits per heavy atom. The maximum absolute atomic E-state index is 11.6. The van der Waals surface area contributed by atoms with E-state index in [9.17, 15) is 4.79 Å². The molecule has 1 amide bonds. The van der Waals surface area contributed by atoms with Crippen LogP contribution in [0.3, 0.4) is 0 Å². The number of allylic oxidation sites excluding steroid dienone is 5. The maximum atomic E-state index is 11.6. The van der Waals surface area contributed by atoms with Crippen LogP contribution in [0.4, 0.5) is 5.69 Å². The molecule has 0 aliphatic heterocycles. The molecule has 0 unspecified atom stereocenters. The molecule has 0 spiro atoms. The molecule has 1 aromatic rings. The van der Waals surface area contributed by atoms with Crippen LogP contribution >= 0.6 is 0 Å². The lowest BCUT2D eigenvalue weighted by atomic mass is 10.2. The number of nitrogens with one attached hydrogen (secondary N) is 1. The zero-order chi connectivity index (χ0) is 16.8. The molecule has 0 aliphatic rings. The van der Waals surface area contributed by atoms with Crippen LogP contribution < -0.4 is 5.32 Å². The molecule has 0 aromatic heterocycles. The van der Waals surface area contributed by atoms with Crippen molar-refractivity contribution in [2.75, 3.05) is 5.32 Å². The van der Waals surface area contributed by atoms with Gasteiger partial charge in [-0.05, 0) is 50.1 Å². The number of rotatable bonds is 5. The van der Waals surface area contributed by atoms with Crippen molar-refractivity contribution < 1.29 is 4.79 Å². The van der Waals surface area contributed by atoms with E-state index in [0.717, 1.165) is 11.3 Å². The predicted octanol–water partition coefficient (Wildman–Crippen LogP) is 5.04. The lowest BCUT2D eigenvalue weighted by molar-refractivity contribution is -0.111. The summed E-state index contributed by atoms with van der Waals surface area (Å²) in [7, 11) is 0. The van der Waals surface area contributed by atoms with Crippen molar-refractivity contribution >= 4 is 11.6 Å². The van der Waals surface area contributed by atoms with Crippen LogP contribution in [0.15, 0.2) is 60.2 Å². The summed E-state index contributed by atoms with van der Waals surface area (Å²) in [6.07, 6.45) is 14.8. The summed E-state index contributed by atoms with van der Waals surface area (Å²) in [6, 6.07) is 7.69. The zero-order valence-corrected chi connectivity index (χ0v) is 13.9. The molecule has 1 N–H and O–H groups in total. The van der Waals surface area contributed by atoms with E-state index in [0.29, 0.717) is 6.42 Å². The lowest BCUT2D eigenvalue weighted by Crippen LogP contribution is -2.07. The maximum Gasteiger partial charge on any atom is 0.248 e. The second-order valence-electron chi connectivity index (χ2n) is 4.45. The van der Waals surface area contributed by atoms with Gasteiger partial charge in [0.2, 0.25) is 5.91 Å². The quantitative estimate of drug-likeness (QED) is 0.460. The van der Waals surface area contributed by atoms with Crippen LogP contribution in [0, 0.1) is 19.3 Å². The monoisotopic (exact) mass is 295 g/mol. The third-order valence-corrected chi connectivity index (χ3v) is 2.55. The fraction of sp³-hybridized carbons (Fsp3) is 0.250. The molecule has 0 atom stereocenters. The number of amides is 1. The van der Waals surface area contributed by atoms with Crippen molar-refractivity contribution in [1.82, 2.24) is 0 Å². The summed E-state index contributed by atoms with van der Waals surface area (Å²) in [6.45, 7) is 7.94. The van der Waals surface area contributed by atoms with Crippen LogP contribution in [0.5, 0.6) is 0 Å². The van der Waals surface area contributed by atoms with Crippen molar-refractivity contribution in [2.45, 2.75) is 34.1 Å². The highest BCUT2D eigenvalue weighted by Crippen LogP contribution is 2.08. The molecule has 2 nitrogen and oxygen atoms in total. The van der Waals surface area contributed by atoms with Crippen LogP contribution in [-0.4, -0.2) is 5.91 Å². The van der Waals surface area contributed by atoms with Crippen LogP contribution in [-0.2, 0) is 4.79 Å². The minimum atomic E-state index is -0.127. The number of benzene rings is 1. The Morgan fingerprint density at radius 3 is 2.36 bits per heavy atom. The largest absolute Gasteiger partial charge is 0.323 e. The molecule has 0 saturated carbocycles. The Hall–Kier alpha value is -2.53. The number of hydrogen-bond donors (Lipinski definition) is 1. The molecule has 1 aromatic carbocycles. The first kappa shape index (κ1) is 19.5. The first-order chi connectivity index (χ1) is 10.6. The highest BCUT2D eigenvalue weighted by atomic mass is 16.1. The van der Waals surface area contributed by atoms with E-state index >= 15 is 0 Å². The summed E-state index contributed by atoms with van der Waals surface area (Å²) in [5, 5.41) is 2.80. The van der Waals surface area contributed by atoms with Gasteiger partial charge in [0.05, 0.1) is 0 Å². The molecule has 0 heterocycles.